The van der Waals surface area contributed by atoms with Crippen LogP contribution in [0.3, 0.4) is 0 Å². The van der Waals surface area contributed by atoms with Gasteiger partial charge < -0.3 is 14.7 Å². The summed E-state index contributed by atoms with van der Waals surface area (Å²) in [6, 6.07) is 12.8. The van der Waals surface area contributed by atoms with Crippen LogP contribution in [0.5, 0.6) is 5.75 Å². The van der Waals surface area contributed by atoms with Crippen LogP contribution < -0.4 is 4.74 Å². The lowest BCUT2D eigenvalue weighted by Crippen LogP contribution is -2.49. The van der Waals surface area contributed by atoms with Crippen LogP contribution in [0.1, 0.15) is 44.1 Å². The summed E-state index contributed by atoms with van der Waals surface area (Å²) in [4.78, 5) is 15.3. The Hall–Kier alpha value is -2.07. The van der Waals surface area contributed by atoms with Gasteiger partial charge in [-0.25, -0.2) is 0 Å². The highest BCUT2D eigenvalue weighted by Crippen LogP contribution is 2.32. The van der Waals surface area contributed by atoms with Crippen LogP contribution in [0.2, 0.25) is 0 Å². The van der Waals surface area contributed by atoms with Crippen molar-refractivity contribution in [3.05, 3.63) is 42.0 Å². The molecule has 0 aromatic heterocycles. The van der Waals surface area contributed by atoms with E-state index in [9.17, 15) is 9.90 Å². The van der Waals surface area contributed by atoms with Crippen molar-refractivity contribution in [2.24, 2.45) is 5.92 Å². The number of carbonyl (C=O) groups excluding carboxylic acids is 1. The lowest BCUT2D eigenvalue weighted by atomic mass is 9.85. The molecule has 2 aromatic rings. The van der Waals surface area contributed by atoms with E-state index in [0.717, 1.165) is 62.6 Å². The van der Waals surface area contributed by atoms with Crippen molar-refractivity contribution in [2.75, 3.05) is 13.7 Å². The third-order valence-electron chi connectivity index (χ3n) is 6.31. The molecule has 0 radical (unpaired) electrons. The highest BCUT2D eigenvalue weighted by atomic mass is 16.5. The van der Waals surface area contributed by atoms with Gasteiger partial charge in [0.2, 0.25) is 5.91 Å². The molecule has 1 atom stereocenters. The maximum absolute atomic E-state index is 13.2. The van der Waals surface area contributed by atoms with E-state index in [2.05, 4.69) is 35.2 Å². The van der Waals surface area contributed by atoms with Gasteiger partial charge in [0.1, 0.15) is 5.75 Å². The lowest BCUT2D eigenvalue weighted by molar-refractivity contribution is -0.142. The standard InChI is InChI=1S/C23H29NO3/c1-27-21-14-16-5-2-3-7-22(16)18(15-21)13-17-6-4-12-24(23(17)26)19-8-10-20(25)11-9-19/h2-3,5,7,14-15,17,19-20,25H,4,6,8-13H2,1H3. The minimum absolute atomic E-state index is 0.0427. The van der Waals surface area contributed by atoms with E-state index < -0.39 is 0 Å². The van der Waals surface area contributed by atoms with Crippen molar-refractivity contribution >= 4 is 16.7 Å². The number of hydrogen-bond acceptors (Lipinski definition) is 3. The van der Waals surface area contributed by atoms with E-state index in [1.54, 1.807) is 7.11 Å². The molecular formula is C23H29NO3. The minimum atomic E-state index is -0.180. The molecule has 1 amide bonds. The summed E-state index contributed by atoms with van der Waals surface area (Å²) < 4.78 is 5.49. The molecule has 27 heavy (non-hydrogen) atoms. The largest absolute Gasteiger partial charge is 0.497 e. The van der Waals surface area contributed by atoms with Crippen LogP contribution in [0.15, 0.2) is 36.4 Å². The number of rotatable bonds is 4. The summed E-state index contributed by atoms with van der Waals surface area (Å²) in [7, 11) is 1.69. The fraction of sp³-hybridized carbons (Fsp3) is 0.522. The monoisotopic (exact) mass is 367 g/mol. The van der Waals surface area contributed by atoms with Gasteiger partial charge in [0.05, 0.1) is 13.2 Å². The van der Waals surface area contributed by atoms with Gasteiger partial charge in [0, 0.05) is 18.5 Å². The molecule has 1 aliphatic carbocycles. The molecule has 1 saturated heterocycles. The number of carbonyl (C=O) groups is 1. The number of ether oxygens (including phenoxy) is 1. The number of benzene rings is 2. The van der Waals surface area contributed by atoms with Gasteiger partial charge in [0.15, 0.2) is 0 Å². The van der Waals surface area contributed by atoms with E-state index in [4.69, 9.17) is 4.74 Å². The van der Waals surface area contributed by atoms with E-state index in [0.29, 0.717) is 11.9 Å². The van der Waals surface area contributed by atoms with Crippen molar-refractivity contribution in [1.82, 2.24) is 4.90 Å². The fourth-order valence-corrected chi connectivity index (χ4v) is 4.81. The molecule has 144 valence electrons. The summed E-state index contributed by atoms with van der Waals surface area (Å²) in [5.41, 5.74) is 1.20. The zero-order valence-electron chi connectivity index (χ0n) is 16.1. The molecule has 1 N–H and O–H groups in total. The van der Waals surface area contributed by atoms with Crippen LogP contribution in [0, 0.1) is 5.92 Å². The highest BCUT2D eigenvalue weighted by Gasteiger charge is 2.35. The Labute approximate surface area is 161 Å². The lowest BCUT2D eigenvalue weighted by Gasteiger charge is -2.40. The summed E-state index contributed by atoms with van der Waals surface area (Å²) in [5, 5.41) is 12.1. The molecule has 2 aliphatic rings. The normalized spacial score (nSPS) is 26.4. The van der Waals surface area contributed by atoms with E-state index >= 15 is 0 Å². The average Bonchev–Trinajstić information content (AvgIpc) is 2.70. The summed E-state index contributed by atoms with van der Waals surface area (Å²) >= 11 is 0. The van der Waals surface area contributed by atoms with Gasteiger partial charge in [0.25, 0.3) is 0 Å². The summed E-state index contributed by atoms with van der Waals surface area (Å²) in [6.07, 6.45) is 6.11. The van der Waals surface area contributed by atoms with Crippen LogP contribution in [0.4, 0.5) is 0 Å². The van der Waals surface area contributed by atoms with Gasteiger partial charge in [-0.05, 0) is 73.4 Å². The first-order valence-electron chi connectivity index (χ1n) is 10.2. The van der Waals surface area contributed by atoms with Crippen molar-refractivity contribution < 1.29 is 14.6 Å². The van der Waals surface area contributed by atoms with Gasteiger partial charge >= 0.3 is 0 Å². The van der Waals surface area contributed by atoms with E-state index in [-0.39, 0.29) is 12.0 Å². The fourth-order valence-electron chi connectivity index (χ4n) is 4.81. The molecular weight excluding hydrogens is 338 g/mol. The van der Waals surface area contributed by atoms with Crippen molar-refractivity contribution in [3.8, 4) is 5.75 Å². The van der Waals surface area contributed by atoms with Gasteiger partial charge in [-0.15, -0.1) is 0 Å². The topological polar surface area (TPSA) is 49.8 Å². The summed E-state index contributed by atoms with van der Waals surface area (Å²) in [6.45, 7) is 0.870. The molecule has 4 heteroatoms. The molecule has 0 bridgehead atoms. The zero-order chi connectivity index (χ0) is 18.8. The minimum Gasteiger partial charge on any atom is -0.497 e. The number of methoxy groups -OCH3 is 1. The van der Waals surface area contributed by atoms with Crippen molar-refractivity contribution in [3.63, 3.8) is 0 Å². The second kappa shape index (κ2) is 7.89. The second-order valence-corrected chi connectivity index (χ2v) is 8.04. The molecule has 4 rings (SSSR count). The number of hydrogen-bond donors (Lipinski definition) is 1. The molecule has 1 heterocycles. The molecule has 2 fully saturated rings. The third kappa shape index (κ3) is 3.81. The molecule has 2 aromatic carbocycles. The quantitative estimate of drug-likeness (QED) is 0.891. The zero-order valence-corrected chi connectivity index (χ0v) is 16.1. The maximum Gasteiger partial charge on any atom is 0.226 e. The Balaban J connectivity index is 1.55. The smallest absolute Gasteiger partial charge is 0.226 e. The van der Waals surface area contributed by atoms with Crippen molar-refractivity contribution in [2.45, 2.75) is 57.1 Å². The number of piperidine rings is 1. The third-order valence-corrected chi connectivity index (χ3v) is 6.31. The summed E-state index contributed by atoms with van der Waals surface area (Å²) in [5.74, 6) is 1.20. The maximum atomic E-state index is 13.2. The molecule has 1 unspecified atom stereocenters. The molecule has 1 aliphatic heterocycles. The Bertz CT molecular complexity index is 810. The second-order valence-electron chi connectivity index (χ2n) is 8.04. The number of nitrogens with zero attached hydrogens (tertiary/aromatic N) is 1. The first-order valence-corrected chi connectivity index (χ1v) is 10.2. The van der Waals surface area contributed by atoms with Crippen LogP contribution in [-0.4, -0.2) is 41.7 Å². The Morgan fingerprint density at radius 3 is 2.67 bits per heavy atom. The van der Waals surface area contributed by atoms with Gasteiger partial charge in [-0.1, -0.05) is 24.3 Å². The average molecular weight is 367 g/mol. The molecule has 0 spiro atoms. The van der Waals surface area contributed by atoms with Crippen LogP contribution in [0.25, 0.3) is 10.8 Å². The first-order chi connectivity index (χ1) is 13.2. The predicted molar refractivity (Wildman–Crippen MR) is 107 cm³/mol. The SMILES string of the molecule is COc1cc(CC2CCCN(C3CCC(O)CC3)C2=O)c2ccccc2c1. The highest BCUT2D eigenvalue weighted by molar-refractivity contribution is 5.88. The Morgan fingerprint density at radius 1 is 1.11 bits per heavy atom. The predicted octanol–water partition coefficient (Wildman–Crippen LogP) is 3.93. The molecule has 4 nitrogen and oxygen atoms in total. The van der Waals surface area contributed by atoms with E-state index in [1.165, 1.54) is 10.9 Å². The van der Waals surface area contributed by atoms with Crippen molar-refractivity contribution in [1.29, 1.82) is 0 Å². The Morgan fingerprint density at radius 2 is 1.89 bits per heavy atom. The van der Waals surface area contributed by atoms with Crippen LogP contribution >= 0.6 is 0 Å². The Kier molecular flexibility index (Phi) is 5.35. The van der Waals surface area contributed by atoms with Gasteiger partial charge in [-0.2, -0.15) is 0 Å². The molecule has 1 saturated carbocycles. The van der Waals surface area contributed by atoms with Gasteiger partial charge in [-0.3, -0.25) is 4.79 Å². The number of aliphatic hydroxyl groups excluding tert-OH is 1. The number of fused-ring (bicyclic) bond motifs is 1. The number of amides is 1. The van der Waals surface area contributed by atoms with Crippen LogP contribution in [-0.2, 0) is 11.2 Å². The first kappa shape index (κ1) is 18.3. The number of likely N-dealkylation sites (tertiary alicyclic amines) is 1. The van der Waals surface area contributed by atoms with E-state index in [1.807, 2.05) is 6.07 Å². The number of aliphatic hydroxyl groups is 1.